The summed E-state index contributed by atoms with van der Waals surface area (Å²) in [4.78, 5) is 0. The Morgan fingerprint density at radius 2 is 1.72 bits per heavy atom. The van der Waals surface area contributed by atoms with Gasteiger partial charge in [0.05, 0.1) is 12.4 Å². The molecule has 1 heterocycles. The molecule has 1 aliphatic heterocycles. The molecule has 3 N–H and O–H groups in total. The highest BCUT2D eigenvalue weighted by molar-refractivity contribution is 7.92. The maximum Gasteiger partial charge on any atom is 0.231 e. The second kappa shape index (κ2) is 9.60. The zero-order valence-electron chi connectivity index (χ0n) is 17.7. The van der Waals surface area contributed by atoms with Crippen LogP contribution in [0.1, 0.15) is 28.8 Å². The molecule has 0 amide bonds. The number of hydrogen-bond donors (Lipinski definition) is 3. The van der Waals surface area contributed by atoms with Crippen molar-refractivity contribution in [3.05, 3.63) is 89.5 Å². The number of sulfonamides is 1. The van der Waals surface area contributed by atoms with Crippen molar-refractivity contribution in [1.29, 1.82) is 0 Å². The van der Waals surface area contributed by atoms with Gasteiger partial charge >= 0.3 is 0 Å². The molecule has 0 saturated carbocycles. The summed E-state index contributed by atoms with van der Waals surface area (Å²) in [6, 6.07) is 22.7. The second-order valence-corrected chi connectivity index (χ2v) is 9.53. The van der Waals surface area contributed by atoms with E-state index in [2.05, 4.69) is 22.2 Å². The Labute approximate surface area is 188 Å². The molecule has 0 saturated heterocycles. The number of ether oxygens (including phenoxy) is 2. The lowest BCUT2D eigenvalue weighted by atomic mass is 9.97. The lowest BCUT2D eigenvalue weighted by Crippen LogP contribution is -2.28. The molecule has 2 unspecified atom stereocenters. The van der Waals surface area contributed by atoms with Crippen molar-refractivity contribution in [2.24, 2.45) is 0 Å². The molecule has 0 spiro atoms. The molecule has 0 aromatic heterocycles. The van der Waals surface area contributed by atoms with Gasteiger partial charge in [0.25, 0.3) is 0 Å². The van der Waals surface area contributed by atoms with Crippen LogP contribution in [0.15, 0.2) is 72.8 Å². The smallest absolute Gasteiger partial charge is 0.231 e. The van der Waals surface area contributed by atoms with E-state index in [1.165, 1.54) is 0 Å². The van der Waals surface area contributed by atoms with Crippen LogP contribution in [0.3, 0.4) is 0 Å². The highest BCUT2D eigenvalue weighted by Gasteiger charge is 2.20. The van der Waals surface area contributed by atoms with Crippen LogP contribution >= 0.6 is 0 Å². The zero-order valence-corrected chi connectivity index (χ0v) is 18.5. The van der Waals surface area contributed by atoms with Gasteiger partial charge < -0.3 is 19.9 Å². The molecule has 0 bridgehead atoms. The number of benzene rings is 3. The Bertz CT molecular complexity index is 1170. The third-order valence-corrected chi connectivity index (χ3v) is 5.82. The molecule has 1 aliphatic rings. The zero-order chi connectivity index (χ0) is 22.6. The minimum absolute atomic E-state index is 0.0705. The van der Waals surface area contributed by atoms with Crippen molar-refractivity contribution >= 4 is 15.7 Å². The fourth-order valence-electron chi connectivity index (χ4n) is 3.68. The largest absolute Gasteiger partial charge is 0.454 e. The Hall–Kier alpha value is -3.07. The van der Waals surface area contributed by atoms with Crippen LogP contribution in [0.5, 0.6) is 11.5 Å². The van der Waals surface area contributed by atoms with Crippen molar-refractivity contribution in [2.45, 2.75) is 18.6 Å². The van der Waals surface area contributed by atoms with Gasteiger partial charge in [-0.25, -0.2) is 8.42 Å². The summed E-state index contributed by atoms with van der Waals surface area (Å²) in [7, 11) is -3.39. The van der Waals surface area contributed by atoms with Crippen molar-refractivity contribution in [3.63, 3.8) is 0 Å². The van der Waals surface area contributed by atoms with E-state index in [-0.39, 0.29) is 19.4 Å². The first-order valence-electron chi connectivity index (χ1n) is 10.3. The Kier molecular flexibility index (Phi) is 6.64. The molecule has 7 nitrogen and oxygen atoms in total. The summed E-state index contributed by atoms with van der Waals surface area (Å²) in [6.45, 7) is 0.500. The molecule has 0 aliphatic carbocycles. The van der Waals surface area contributed by atoms with E-state index >= 15 is 0 Å². The van der Waals surface area contributed by atoms with Gasteiger partial charge in [-0.3, -0.25) is 4.72 Å². The van der Waals surface area contributed by atoms with E-state index in [0.29, 0.717) is 17.0 Å². The second-order valence-electron chi connectivity index (χ2n) is 7.78. The number of hydrogen-bond acceptors (Lipinski definition) is 6. The predicted molar refractivity (Wildman–Crippen MR) is 123 cm³/mol. The number of nitrogens with one attached hydrogen (secondary N) is 2. The van der Waals surface area contributed by atoms with Crippen LogP contribution < -0.4 is 19.5 Å². The van der Waals surface area contributed by atoms with Gasteiger partial charge in [-0.2, -0.15) is 0 Å². The summed E-state index contributed by atoms with van der Waals surface area (Å²) in [5.41, 5.74) is 3.23. The highest BCUT2D eigenvalue weighted by atomic mass is 32.2. The minimum atomic E-state index is -3.39. The maximum absolute atomic E-state index is 11.5. The summed E-state index contributed by atoms with van der Waals surface area (Å²) in [6.07, 6.45) is 1.00. The van der Waals surface area contributed by atoms with E-state index in [4.69, 9.17) is 9.47 Å². The molecular weight excluding hydrogens is 428 g/mol. The normalized spacial score (nSPS) is 14.7. The van der Waals surface area contributed by atoms with Crippen LogP contribution in [0, 0.1) is 0 Å². The highest BCUT2D eigenvalue weighted by Crippen LogP contribution is 2.35. The number of aliphatic hydroxyl groups is 1. The van der Waals surface area contributed by atoms with Gasteiger partial charge in [0, 0.05) is 18.3 Å². The molecule has 8 heteroatoms. The predicted octanol–water partition coefficient (Wildman–Crippen LogP) is 3.39. The van der Waals surface area contributed by atoms with Crippen molar-refractivity contribution in [2.75, 3.05) is 24.3 Å². The third-order valence-electron chi connectivity index (χ3n) is 5.21. The van der Waals surface area contributed by atoms with Crippen molar-refractivity contribution in [3.8, 4) is 11.5 Å². The summed E-state index contributed by atoms with van der Waals surface area (Å²) >= 11 is 0. The molecular formula is C24H26N2O5S. The van der Waals surface area contributed by atoms with Gasteiger partial charge in [0.2, 0.25) is 16.8 Å². The lowest BCUT2D eigenvalue weighted by molar-refractivity contribution is 0.169. The fourth-order valence-corrected chi connectivity index (χ4v) is 4.24. The van der Waals surface area contributed by atoms with Crippen LogP contribution in [-0.2, 0) is 16.4 Å². The Morgan fingerprint density at radius 3 is 2.50 bits per heavy atom. The van der Waals surface area contributed by atoms with Gasteiger partial charge in [-0.1, -0.05) is 48.5 Å². The molecule has 168 valence electrons. The quantitative estimate of drug-likeness (QED) is 0.459. The average molecular weight is 455 g/mol. The van der Waals surface area contributed by atoms with Crippen molar-refractivity contribution in [1.82, 2.24) is 5.32 Å². The summed E-state index contributed by atoms with van der Waals surface area (Å²) < 4.78 is 36.4. The van der Waals surface area contributed by atoms with Crippen LogP contribution in [-0.4, -0.2) is 33.1 Å². The van der Waals surface area contributed by atoms with Crippen molar-refractivity contribution < 1.29 is 23.0 Å². The first-order chi connectivity index (χ1) is 15.4. The average Bonchev–Trinajstić information content (AvgIpc) is 3.24. The first kappa shape index (κ1) is 22.1. The number of aliphatic hydroxyl groups excluding tert-OH is 1. The number of anilines is 1. The van der Waals surface area contributed by atoms with E-state index < -0.39 is 16.1 Å². The third kappa shape index (κ3) is 5.79. The van der Waals surface area contributed by atoms with E-state index in [9.17, 15) is 13.5 Å². The van der Waals surface area contributed by atoms with Crippen LogP contribution in [0.4, 0.5) is 5.69 Å². The van der Waals surface area contributed by atoms with E-state index in [1.54, 1.807) is 24.3 Å². The van der Waals surface area contributed by atoms with E-state index in [1.807, 2.05) is 36.4 Å². The van der Waals surface area contributed by atoms with Gasteiger partial charge in [-0.15, -0.1) is 0 Å². The molecule has 3 aromatic carbocycles. The number of fused-ring (bicyclic) bond motifs is 1. The standard InChI is InChI=1S/C24H26N2O5S/c1-32(28,29)26-20-9-5-8-19(13-20)22(27)15-25-21(12-17-6-3-2-4-7-17)18-10-11-23-24(14-18)31-16-30-23/h2-11,13-14,21-22,25-27H,12,15-16H2,1H3. The maximum atomic E-state index is 11.5. The molecule has 3 aromatic rings. The molecule has 32 heavy (non-hydrogen) atoms. The lowest BCUT2D eigenvalue weighted by Gasteiger charge is -2.22. The monoisotopic (exact) mass is 454 g/mol. The first-order valence-corrected chi connectivity index (χ1v) is 12.2. The van der Waals surface area contributed by atoms with Crippen LogP contribution in [0.2, 0.25) is 0 Å². The number of rotatable bonds is 9. The molecule has 0 radical (unpaired) electrons. The molecule has 0 fully saturated rings. The van der Waals surface area contributed by atoms with E-state index in [0.717, 1.165) is 29.6 Å². The van der Waals surface area contributed by atoms with Crippen LogP contribution in [0.25, 0.3) is 0 Å². The molecule has 2 atom stereocenters. The summed E-state index contributed by atoms with van der Waals surface area (Å²) in [5, 5.41) is 14.2. The topological polar surface area (TPSA) is 96.9 Å². The fraction of sp³-hybridized carbons (Fsp3) is 0.250. The van der Waals surface area contributed by atoms with Gasteiger partial charge in [0.1, 0.15) is 0 Å². The van der Waals surface area contributed by atoms with Gasteiger partial charge in [-0.05, 0) is 47.4 Å². The minimum Gasteiger partial charge on any atom is -0.454 e. The Morgan fingerprint density at radius 1 is 0.938 bits per heavy atom. The SMILES string of the molecule is CS(=O)(=O)Nc1cccc(C(O)CNC(Cc2ccccc2)c2ccc3c(c2)OCO3)c1. The Balaban J connectivity index is 1.50. The molecule has 4 rings (SSSR count). The summed E-state index contributed by atoms with van der Waals surface area (Å²) in [5.74, 6) is 1.44. The van der Waals surface area contributed by atoms with Gasteiger partial charge in [0.15, 0.2) is 11.5 Å².